The summed E-state index contributed by atoms with van der Waals surface area (Å²) in [4.78, 5) is 26.4. The molecule has 0 aliphatic rings. The topological polar surface area (TPSA) is 71.3 Å². The molecule has 192 valence electrons. The molecule has 0 atom stereocenters. The Morgan fingerprint density at radius 3 is 2.46 bits per heavy atom. The molecule has 2 N–H and O–H groups in total. The van der Waals surface area contributed by atoms with Crippen molar-refractivity contribution in [3.8, 4) is 18.1 Å². The highest BCUT2D eigenvalue weighted by molar-refractivity contribution is 5.97. The molecule has 0 saturated carbocycles. The van der Waals surface area contributed by atoms with E-state index in [0.29, 0.717) is 28.5 Å². The molecule has 0 saturated heterocycles. The van der Waals surface area contributed by atoms with Crippen molar-refractivity contribution in [3.05, 3.63) is 104 Å². The third-order valence-electron chi connectivity index (χ3n) is 5.40. The van der Waals surface area contributed by atoms with Crippen LogP contribution in [0.5, 0.6) is 5.75 Å². The minimum atomic E-state index is -0.836. The molecule has 7 heteroatoms. The van der Waals surface area contributed by atoms with Crippen molar-refractivity contribution in [1.82, 2.24) is 9.88 Å². The third kappa shape index (κ3) is 7.28. The van der Waals surface area contributed by atoms with Gasteiger partial charge in [-0.3, -0.25) is 9.59 Å². The van der Waals surface area contributed by atoms with E-state index in [1.54, 1.807) is 44.2 Å². The van der Waals surface area contributed by atoms with Crippen LogP contribution in [0.3, 0.4) is 0 Å². The summed E-state index contributed by atoms with van der Waals surface area (Å²) in [5.41, 5.74) is 0.432. The van der Waals surface area contributed by atoms with Crippen LogP contribution in [0.2, 0.25) is 0 Å². The Hall–Kier alpha value is -4.44. The number of hydrogen-bond acceptors (Lipinski definition) is 3. The lowest BCUT2D eigenvalue weighted by Gasteiger charge is -2.14. The van der Waals surface area contributed by atoms with Crippen molar-refractivity contribution in [2.24, 2.45) is 0 Å². The van der Waals surface area contributed by atoms with Gasteiger partial charge in [-0.15, -0.1) is 6.42 Å². The van der Waals surface area contributed by atoms with Crippen LogP contribution < -0.4 is 21.4 Å². The van der Waals surface area contributed by atoms with Crippen LogP contribution >= 0.6 is 0 Å². The smallest absolute Gasteiger partial charge is 0.268 e. The second-order valence-electron chi connectivity index (χ2n) is 7.97. The van der Waals surface area contributed by atoms with Gasteiger partial charge in [0, 0.05) is 5.22 Å². The number of halogens is 2. The van der Waals surface area contributed by atoms with E-state index >= 15 is 0 Å². The number of terminal acetylenes is 1. The maximum atomic E-state index is 13.6. The van der Waals surface area contributed by atoms with Gasteiger partial charge in [-0.2, -0.15) is 0 Å². The van der Waals surface area contributed by atoms with Crippen molar-refractivity contribution >= 4 is 23.6 Å². The van der Waals surface area contributed by atoms with Gasteiger partial charge in [0.15, 0.2) is 0 Å². The first kappa shape index (κ1) is 28.8. The molecule has 5 nitrogen and oxygen atoms in total. The summed E-state index contributed by atoms with van der Waals surface area (Å²) in [7, 11) is 0. The van der Waals surface area contributed by atoms with Crippen molar-refractivity contribution in [3.63, 3.8) is 0 Å². The molecule has 0 fully saturated rings. The van der Waals surface area contributed by atoms with Crippen molar-refractivity contribution in [1.29, 1.82) is 0 Å². The third-order valence-corrected chi connectivity index (χ3v) is 5.40. The summed E-state index contributed by atoms with van der Waals surface area (Å²) in [6, 6.07) is 5.79. The average molecular weight is 505 g/mol. The minimum Gasteiger partial charge on any atom is -0.506 e. The molecule has 1 amide bonds. The number of rotatable bonds is 9. The molecule has 1 aromatic carbocycles. The van der Waals surface area contributed by atoms with Crippen LogP contribution in [0.25, 0.3) is 17.7 Å². The fraction of sp³-hybridized carbons (Fsp3) is 0.200. The maximum Gasteiger partial charge on any atom is 0.268 e. The van der Waals surface area contributed by atoms with Crippen LogP contribution in [-0.4, -0.2) is 22.1 Å². The van der Waals surface area contributed by atoms with Crippen molar-refractivity contribution in [2.75, 3.05) is 6.54 Å². The van der Waals surface area contributed by atoms with E-state index in [1.807, 2.05) is 6.92 Å². The Balaban J connectivity index is 2.93. The van der Waals surface area contributed by atoms with Gasteiger partial charge in [0.05, 0.1) is 18.4 Å². The lowest BCUT2D eigenvalue weighted by atomic mass is 10.0. The van der Waals surface area contributed by atoms with E-state index in [2.05, 4.69) is 17.8 Å². The number of hydrogen-bond donors (Lipinski definition) is 2. The molecule has 0 spiro atoms. The van der Waals surface area contributed by atoms with E-state index in [9.17, 15) is 23.5 Å². The van der Waals surface area contributed by atoms with E-state index in [0.717, 1.165) is 0 Å². The Morgan fingerprint density at radius 2 is 1.89 bits per heavy atom. The van der Waals surface area contributed by atoms with Gasteiger partial charge in [-0.25, -0.2) is 8.78 Å². The first-order valence-corrected chi connectivity index (χ1v) is 11.7. The quantitative estimate of drug-likeness (QED) is 0.399. The predicted octanol–water partition coefficient (Wildman–Crippen LogP) is 4.12. The maximum absolute atomic E-state index is 13.6. The zero-order valence-electron chi connectivity index (χ0n) is 21.1. The number of nitrogens with zero attached hydrogens (tertiary/aromatic N) is 1. The SMILES string of the molecule is C#CCNC(=O)c1c(O)c(=C/C(=C\C)c2ccc(F)cc2)/c(=C/CC)n(CC(=C)/C=C\C(F)=C/C)c1=O. The first-order valence-electron chi connectivity index (χ1n) is 11.7. The Morgan fingerprint density at radius 1 is 1.22 bits per heavy atom. The summed E-state index contributed by atoms with van der Waals surface area (Å²) < 4.78 is 28.4. The normalized spacial score (nSPS) is 13.2. The second kappa shape index (κ2) is 13.6. The average Bonchev–Trinajstić information content (AvgIpc) is 2.89. The van der Waals surface area contributed by atoms with Crippen LogP contribution in [0.4, 0.5) is 8.78 Å². The Bertz CT molecular complexity index is 1490. The molecule has 1 heterocycles. The molecule has 37 heavy (non-hydrogen) atoms. The summed E-state index contributed by atoms with van der Waals surface area (Å²) in [5, 5.41) is 14.2. The number of amides is 1. The van der Waals surface area contributed by atoms with E-state index < -0.39 is 34.4 Å². The molecule has 2 rings (SSSR count). The summed E-state index contributed by atoms with van der Waals surface area (Å²) in [6.07, 6.45) is 14.8. The second-order valence-corrected chi connectivity index (χ2v) is 7.97. The number of benzene rings is 1. The Labute approximate surface area is 215 Å². The van der Waals surface area contributed by atoms with E-state index in [1.165, 1.54) is 34.9 Å². The lowest BCUT2D eigenvalue weighted by Crippen LogP contribution is -2.47. The van der Waals surface area contributed by atoms with Gasteiger partial charge >= 0.3 is 0 Å². The number of pyridine rings is 1. The van der Waals surface area contributed by atoms with Crippen LogP contribution in [0.15, 0.2) is 71.3 Å². The highest BCUT2D eigenvalue weighted by Gasteiger charge is 2.21. The fourth-order valence-corrected chi connectivity index (χ4v) is 3.56. The number of carbonyl (C=O) groups excluding carboxylic acids is 1. The zero-order chi connectivity index (χ0) is 27.5. The molecule has 1 aromatic heterocycles. The van der Waals surface area contributed by atoms with Crippen LogP contribution in [0.1, 0.15) is 43.1 Å². The predicted molar refractivity (Wildman–Crippen MR) is 145 cm³/mol. The van der Waals surface area contributed by atoms with E-state index in [4.69, 9.17) is 6.42 Å². The molecular weight excluding hydrogens is 474 g/mol. The molecule has 0 radical (unpaired) electrons. The van der Waals surface area contributed by atoms with Gasteiger partial charge in [-0.1, -0.05) is 55.9 Å². The van der Waals surface area contributed by atoms with E-state index in [-0.39, 0.29) is 18.3 Å². The summed E-state index contributed by atoms with van der Waals surface area (Å²) in [6.45, 7) is 8.86. The van der Waals surface area contributed by atoms with Gasteiger partial charge < -0.3 is 15.0 Å². The number of carbonyl (C=O) groups is 1. The first-order chi connectivity index (χ1) is 17.7. The molecule has 0 unspecified atom stereocenters. The molecule has 0 aliphatic heterocycles. The molecular formula is C30H30F2N2O3. The standard InChI is InChI=1S/C30H30F2N2O3/c1-6-10-26-25(18-21(8-3)22-12-15-24(32)16-13-22)28(35)27(29(36)33-17-7-2)30(37)34(26)19-20(5)11-14-23(31)9-4/h2,8-16,18,35H,5-6,17,19H2,1,3-4H3,(H,33,36)/b14-11-,21-8+,23-9+,25-18+,26-10-. The van der Waals surface area contributed by atoms with Gasteiger partial charge in [0.25, 0.3) is 11.5 Å². The highest BCUT2D eigenvalue weighted by atomic mass is 19.1. The van der Waals surface area contributed by atoms with Crippen LogP contribution in [-0.2, 0) is 6.54 Å². The summed E-state index contributed by atoms with van der Waals surface area (Å²) in [5.74, 6) is 0.0371. The summed E-state index contributed by atoms with van der Waals surface area (Å²) >= 11 is 0. The van der Waals surface area contributed by atoms with Crippen LogP contribution in [0, 0.1) is 18.2 Å². The molecule has 0 bridgehead atoms. The number of nitrogens with one attached hydrogen (secondary N) is 1. The molecule has 0 aliphatic carbocycles. The monoisotopic (exact) mass is 504 g/mol. The molecule has 2 aromatic rings. The number of aromatic hydroxyl groups is 1. The van der Waals surface area contributed by atoms with Gasteiger partial charge in [0.2, 0.25) is 0 Å². The minimum absolute atomic E-state index is 0.0730. The number of aromatic nitrogens is 1. The number of allylic oxidation sites excluding steroid dienone is 7. The van der Waals surface area contributed by atoms with Gasteiger partial charge in [-0.05, 0) is 61.3 Å². The fourth-order valence-electron chi connectivity index (χ4n) is 3.56. The lowest BCUT2D eigenvalue weighted by molar-refractivity contribution is 0.0953. The zero-order valence-corrected chi connectivity index (χ0v) is 21.1. The van der Waals surface area contributed by atoms with Crippen molar-refractivity contribution in [2.45, 2.75) is 33.7 Å². The Kier molecular flexibility index (Phi) is 10.6. The van der Waals surface area contributed by atoms with Crippen molar-refractivity contribution < 1.29 is 18.7 Å². The van der Waals surface area contributed by atoms with Gasteiger partial charge in [0.1, 0.15) is 23.0 Å². The largest absolute Gasteiger partial charge is 0.506 e. The highest BCUT2D eigenvalue weighted by Crippen LogP contribution is 2.17.